The molecule has 1 aliphatic rings. The normalized spacial score (nSPS) is 19.3. The third-order valence-electron chi connectivity index (χ3n) is 3.24. The standard InChI is InChI=1S/C14H29NO3/c1-12(2)18-9-8-17-11-14(16)10-15-13-6-4-3-5-7-13/h12-16H,3-11H2,1-2H3. The predicted octanol–water partition coefficient (Wildman–Crippen LogP) is 1.71. The minimum absolute atomic E-state index is 0.242. The summed E-state index contributed by atoms with van der Waals surface area (Å²) >= 11 is 0. The van der Waals surface area contributed by atoms with E-state index in [2.05, 4.69) is 5.32 Å². The molecule has 0 heterocycles. The molecular weight excluding hydrogens is 230 g/mol. The first kappa shape index (κ1) is 15.9. The molecular formula is C14H29NO3. The van der Waals surface area contributed by atoms with Gasteiger partial charge in [-0.15, -0.1) is 0 Å². The molecule has 0 aliphatic heterocycles. The summed E-state index contributed by atoms with van der Waals surface area (Å²) in [6, 6.07) is 0.595. The third-order valence-corrected chi connectivity index (χ3v) is 3.24. The van der Waals surface area contributed by atoms with E-state index >= 15 is 0 Å². The zero-order chi connectivity index (χ0) is 13.2. The van der Waals surface area contributed by atoms with Crippen LogP contribution in [0.25, 0.3) is 0 Å². The Morgan fingerprint density at radius 3 is 2.56 bits per heavy atom. The van der Waals surface area contributed by atoms with Gasteiger partial charge in [0.25, 0.3) is 0 Å². The van der Waals surface area contributed by atoms with E-state index in [1.807, 2.05) is 13.8 Å². The summed E-state index contributed by atoms with van der Waals surface area (Å²) in [5, 5.41) is 13.2. The lowest BCUT2D eigenvalue weighted by molar-refractivity contribution is -0.0107. The molecule has 0 aromatic carbocycles. The van der Waals surface area contributed by atoms with E-state index in [9.17, 15) is 5.11 Å². The Kier molecular flexibility index (Phi) is 8.59. The highest BCUT2D eigenvalue weighted by Gasteiger charge is 2.14. The summed E-state index contributed by atoms with van der Waals surface area (Å²) in [6.45, 7) is 6.18. The van der Waals surface area contributed by atoms with Crippen LogP contribution in [0.5, 0.6) is 0 Å². The van der Waals surface area contributed by atoms with Crippen LogP contribution in [-0.4, -0.2) is 49.7 Å². The minimum atomic E-state index is -0.411. The number of aliphatic hydroxyl groups is 1. The molecule has 1 fully saturated rings. The van der Waals surface area contributed by atoms with Crippen molar-refractivity contribution in [2.45, 2.75) is 64.2 Å². The highest BCUT2D eigenvalue weighted by atomic mass is 16.5. The summed E-state index contributed by atoms with van der Waals surface area (Å²) in [5.74, 6) is 0. The van der Waals surface area contributed by atoms with Gasteiger partial charge >= 0.3 is 0 Å². The maximum Gasteiger partial charge on any atom is 0.0897 e. The second-order valence-corrected chi connectivity index (χ2v) is 5.39. The number of hydrogen-bond donors (Lipinski definition) is 2. The Labute approximate surface area is 111 Å². The molecule has 0 bridgehead atoms. The molecule has 1 rings (SSSR count). The van der Waals surface area contributed by atoms with Gasteiger partial charge in [0, 0.05) is 12.6 Å². The molecule has 0 spiro atoms. The zero-order valence-electron chi connectivity index (χ0n) is 11.9. The van der Waals surface area contributed by atoms with Crippen LogP contribution in [0.2, 0.25) is 0 Å². The average Bonchev–Trinajstić information content (AvgIpc) is 2.37. The second-order valence-electron chi connectivity index (χ2n) is 5.39. The first-order chi connectivity index (χ1) is 8.68. The van der Waals surface area contributed by atoms with Crippen molar-refractivity contribution in [3.05, 3.63) is 0 Å². The Morgan fingerprint density at radius 2 is 1.89 bits per heavy atom. The van der Waals surface area contributed by atoms with E-state index in [4.69, 9.17) is 9.47 Å². The quantitative estimate of drug-likeness (QED) is 0.619. The van der Waals surface area contributed by atoms with E-state index in [-0.39, 0.29) is 6.10 Å². The van der Waals surface area contributed by atoms with E-state index in [0.29, 0.717) is 32.4 Å². The van der Waals surface area contributed by atoms with Crippen molar-refractivity contribution < 1.29 is 14.6 Å². The summed E-state index contributed by atoms with van der Waals surface area (Å²) in [6.07, 6.45) is 6.32. The molecule has 1 saturated carbocycles. The van der Waals surface area contributed by atoms with Crippen LogP contribution >= 0.6 is 0 Å². The fraction of sp³-hybridized carbons (Fsp3) is 1.00. The molecule has 0 aromatic rings. The minimum Gasteiger partial charge on any atom is -0.389 e. The van der Waals surface area contributed by atoms with Crippen LogP contribution in [-0.2, 0) is 9.47 Å². The summed E-state index contributed by atoms with van der Waals surface area (Å²) < 4.78 is 10.7. The Balaban J connectivity index is 1.91. The highest BCUT2D eigenvalue weighted by Crippen LogP contribution is 2.17. The number of hydrogen-bond acceptors (Lipinski definition) is 4. The van der Waals surface area contributed by atoms with E-state index in [1.165, 1.54) is 32.1 Å². The Bertz CT molecular complexity index is 193. The van der Waals surface area contributed by atoms with Crippen LogP contribution < -0.4 is 5.32 Å². The molecule has 1 atom stereocenters. The SMILES string of the molecule is CC(C)OCCOCC(O)CNC1CCCCC1. The monoisotopic (exact) mass is 259 g/mol. The first-order valence-electron chi connectivity index (χ1n) is 7.29. The summed E-state index contributed by atoms with van der Waals surface area (Å²) in [4.78, 5) is 0. The molecule has 108 valence electrons. The van der Waals surface area contributed by atoms with Gasteiger partial charge in [0.1, 0.15) is 0 Å². The number of nitrogens with one attached hydrogen (secondary N) is 1. The van der Waals surface area contributed by atoms with Crippen molar-refractivity contribution in [3.63, 3.8) is 0 Å². The van der Waals surface area contributed by atoms with Gasteiger partial charge in [0.15, 0.2) is 0 Å². The largest absolute Gasteiger partial charge is 0.389 e. The molecule has 0 aromatic heterocycles. The number of aliphatic hydroxyl groups excluding tert-OH is 1. The van der Waals surface area contributed by atoms with Gasteiger partial charge < -0.3 is 19.9 Å². The van der Waals surface area contributed by atoms with Crippen molar-refractivity contribution in [2.75, 3.05) is 26.4 Å². The van der Waals surface area contributed by atoms with E-state index in [1.54, 1.807) is 0 Å². The number of ether oxygens (including phenoxy) is 2. The Hall–Kier alpha value is -0.160. The molecule has 0 saturated heterocycles. The Morgan fingerprint density at radius 1 is 1.17 bits per heavy atom. The molecule has 2 N–H and O–H groups in total. The lowest BCUT2D eigenvalue weighted by Gasteiger charge is -2.24. The molecule has 0 amide bonds. The zero-order valence-corrected chi connectivity index (χ0v) is 11.9. The maximum absolute atomic E-state index is 9.76. The van der Waals surface area contributed by atoms with Crippen molar-refractivity contribution in [2.24, 2.45) is 0 Å². The van der Waals surface area contributed by atoms with Gasteiger partial charge in [-0.25, -0.2) is 0 Å². The highest BCUT2D eigenvalue weighted by molar-refractivity contribution is 4.73. The lowest BCUT2D eigenvalue weighted by Crippen LogP contribution is -2.38. The van der Waals surface area contributed by atoms with E-state index in [0.717, 1.165) is 0 Å². The van der Waals surface area contributed by atoms with Crippen LogP contribution in [0.15, 0.2) is 0 Å². The van der Waals surface area contributed by atoms with Gasteiger partial charge in [-0.1, -0.05) is 19.3 Å². The van der Waals surface area contributed by atoms with Gasteiger partial charge in [0.2, 0.25) is 0 Å². The van der Waals surface area contributed by atoms with Gasteiger partial charge in [-0.2, -0.15) is 0 Å². The number of rotatable bonds is 9. The van der Waals surface area contributed by atoms with Gasteiger partial charge in [0.05, 0.1) is 32.0 Å². The topological polar surface area (TPSA) is 50.7 Å². The smallest absolute Gasteiger partial charge is 0.0897 e. The van der Waals surface area contributed by atoms with Crippen LogP contribution in [0, 0.1) is 0 Å². The molecule has 18 heavy (non-hydrogen) atoms. The van der Waals surface area contributed by atoms with E-state index < -0.39 is 6.10 Å². The van der Waals surface area contributed by atoms with Crippen molar-refractivity contribution in [1.82, 2.24) is 5.32 Å². The fourth-order valence-electron chi connectivity index (χ4n) is 2.23. The molecule has 0 radical (unpaired) electrons. The lowest BCUT2D eigenvalue weighted by atomic mass is 9.95. The third kappa shape index (κ3) is 8.03. The van der Waals surface area contributed by atoms with Gasteiger partial charge in [-0.3, -0.25) is 0 Å². The molecule has 4 heteroatoms. The van der Waals surface area contributed by atoms with Crippen LogP contribution in [0.3, 0.4) is 0 Å². The first-order valence-corrected chi connectivity index (χ1v) is 7.29. The molecule has 4 nitrogen and oxygen atoms in total. The summed E-state index contributed by atoms with van der Waals surface area (Å²) in [7, 11) is 0. The predicted molar refractivity (Wildman–Crippen MR) is 72.8 cm³/mol. The van der Waals surface area contributed by atoms with Crippen molar-refractivity contribution >= 4 is 0 Å². The maximum atomic E-state index is 9.76. The second kappa shape index (κ2) is 9.73. The average molecular weight is 259 g/mol. The molecule has 1 aliphatic carbocycles. The van der Waals surface area contributed by atoms with Crippen molar-refractivity contribution in [3.8, 4) is 0 Å². The van der Waals surface area contributed by atoms with Crippen LogP contribution in [0.4, 0.5) is 0 Å². The molecule has 1 unspecified atom stereocenters. The fourth-order valence-corrected chi connectivity index (χ4v) is 2.23. The van der Waals surface area contributed by atoms with Crippen LogP contribution in [0.1, 0.15) is 46.0 Å². The summed E-state index contributed by atoms with van der Waals surface area (Å²) in [5.41, 5.74) is 0. The van der Waals surface area contributed by atoms with Gasteiger partial charge in [-0.05, 0) is 26.7 Å². The van der Waals surface area contributed by atoms with Crippen molar-refractivity contribution in [1.29, 1.82) is 0 Å².